The third-order valence-corrected chi connectivity index (χ3v) is 9.37. The van der Waals surface area contributed by atoms with Gasteiger partial charge in [0.1, 0.15) is 0 Å². The normalized spacial score (nSPS) is 29.2. The van der Waals surface area contributed by atoms with Gasteiger partial charge < -0.3 is 16.6 Å². The first-order valence-electron chi connectivity index (χ1n) is 15.4. The van der Waals surface area contributed by atoms with E-state index in [1.54, 1.807) is 30.3 Å². The van der Waals surface area contributed by atoms with Gasteiger partial charge in [-0.1, -0.05) is 31.9 Å². The molecule has 3 saturated carbocycles. The van der Waals surface area contributed by atoms with Crippen LogP contribution in [0.2, 0.25) is 0 Å². The Hall–Kier alpha value is -2.87. The predicted molar refractivity (Wildman–Crippen MR) is 158 cm³/mol. The Morgan fingerprint density at radius 2 is 1.29 bits per heavy atom. The quantitative estimate of drug-likeness (QED) is 0.253. The maximum atomic E-state index is 12.3. The fraction of sp³-hybridized carbons (Fsp3) is 0.688. The molecular formula is C32H48N4O5. The molecule has 1 aromatic rings. The molecule has 5 N–H and O–H groups in total. The number of benzene rings is 1. The van der Waals surface area contributed by atoms with Crippen LogP contribution < -0.4 is 11.5 Å². The zero-order valence-electron chi connectivity index (χ0n) is 24.5. The molecule has 0 atom stereocenters. The molecule has 3 fully saturated rings. The van der Waals surface area contributed by atoms with E-state index in [4.69, 9.17) is 16.6 Å². The minimum Gasteiger partial charge on any atom is -0.481 e. The number of nitrogens with two attached hydrogens (primary N) is 2. The van der Waals surface area contributed by atoms with E-state index in [0.717, 1.165) is 69.7 Å². The summed E-state index contributed by atoms with van der Waals surface area (Å²) in [6.07, 6.45) is 14.2. The van der Waals surface area contributed by atoms with Crippen molar-refractivity contribution in [2.75, 3.05) is 19.6 Å². The van der Waals surface area contributed by atoms with Crippen LogP contribution in [0.25, 0.3) is 0 Å². The number of carboxylic acid groups (broad SMARTS) is 1. The minimum atomic E-state index is -0.638. The zero-order chi connectivity index (χ0) is 29.8. The average Bonchev–Trinajstić information content (AvgIpc) is 3.24. The Morgan fingerprint density at radius 3 is 1.73 bits per heavy atom. The number of nitrogens with zero attached hydrogens (tertiary/aromatic N) is 2. The topological polar surface area (TPSA) is 156 Å². The SMILES string of the molecule is CC1CCC(CN)CC1.NCC1CCC(C(=O)O)CC1.O=C=NC1CCC(CN2C(=O)c3ccccc3C2=O)CC1. The number of carbonyl (C=O) groups is 3. The van der Waals surface area contributed by atoms with E-state index in [2.05, 4.69) is 11.9 Å². The van der Waals surface area contributed by atoms with Gasteiger partial charge in [-0.3, -0.25) is 19.3 Å². The minimum absolute atomic E-state index is 0.0564. The molecule has 226 valence electrons. The van der Waals surface area contributed by atoms with Crippen molar-refractivity contribution in [2.45, 2.75) is 90.0 Å². The average molecular weight is 569 g/mol. The van der Waals surface area contributed by atoms with Gasteiger partial charge in [0.2, 0.25) is 6.08 Å². The number of aliphatic imine (C=N–C) groups is 1. The molecule has 0 unspecified atom stereocenters. The molecule has 1 aliphatic heterocycles. The summed E-state index contributed by atoms with van der Waals surface area (Å²) in [6, 6.07) is 7.00. The molecule has 4 aliphatic rings. The number of carbonyl (C=O) groups excluding carboxylic acids is 3. The highest BCUT2D eigenvalue weighted by Gasteiger charge is 2.37. The van der Waals surface area contributed by atoms with E-state index in [1.165, 1.54) is 30.6 Å². The van der Waals surface area contributed by atoms with Gasteiger partial charge in [0.25, 0.3) is 11.8 Å². The summed E-state index contributed by atoms with van der Waals surface area (Å²) in [4.78, 5) is 50.5. The van der Waals surface area contributed by atoms with Gasteiger partial charge >= 0.3 is 5.97 Å². The van der Waals surface area contributed by atoms with E-state index >= 15 is 0 Å². The molecule has 2 amide bonds. The van der Waals surface area contributed by atoms with Gasteiger partial charge in [-0.2, -0.15) is 0 Å². The van der Waals surface area contributed by atoms with Crippen LogP contribution in [0.4, 0.5) is 0 Å². The van der Waals surface area contributed by atoms with Gasteiger partial charge in [-0.15, -0.1) is 0 Å². The van der Waals surface area contributed by atoms with Crippen molar-refractivity contribution in [1.82, 2.24) is 4.90 Å². The summed E-state index contributed by atoms with van der Waals surface area (Å²) in [5.41, 5.74) is 12.0. The fourth-order valence-corrected chi connectivity index (χ4v) is 6.40. The highest BCUT2D eigenvalue weighted by molar-refractivity contribution is 6.21. The third-order valence-electron chi connectivity index (χ3n) is 9.37. The summed E-state index contributed by atoms with van der Waals surface area (Å²) in [7, 11) is 0. The molecule has 0 saturated heterocycles. The Labute approximate surface area is 244 Å². The lowest BCUT2D eigenvalue weighted by Gasteiger charge is -2.28. The Bertz CT molecular complexity index is 1010. The number of isocyanates is 1. The van der Waals surface area contributed by atoms with Crippen molar-refractivity contribution in [3.05, 3.63) is 35.4 Å². The van der Waals surface area contributed by atoms with Crippen LogP contribution in [0, 0.1) is 29.6 Å². The van der Waals surface area contributed by atoms with Gasteiger partial charge in [-0.05, 0) is 113 Å². The highest BCUT2D eigenvalue weighted by Crippen LogP contribution is 2.31. The first kappa shape index (κ1) is 32.6. The van der Waals surface area contributed by atoms with Crippen LogP contribution in [-0.2, 0) is 9.59 Å². The van der Waals surface area contributed by atoms with Crippen molar-refractivity contribution < 1.29 is 24.3 Å². The van der Waals surface area contributed by atoms with Gasteiger partial charge in [0.05, 0.1) is 23.1 Å². The van der Waals surface area contributed by atoms with Gasteiger partial charge in [0.15, 0.2) is 0 Å². The van der Waals surface area contributed by atoms with Crippen LogP contribution in [0.1, 0.15) is 105 Å². The smallest absolute Gasteiger partial charge is 0.306 e. The molecule has 9 heteroatoms. The van der Waals surface area contributed by atoms with Crippen molar-refractivity contribution in [3.8, 4) is 0 Å². The summed E-state index contributed by atoms with van der Waals surface area (Å²) in [5, 5.41) is 8.67. The predicted octanol–water partition coefficient (Wildman–Crippen LogP) is 4.78. The van der Waals surface area contributed by atoms with E-state index in [-0.39, 0.29) is 23.8 Å². The molecular weight excluding hydrogens is 520 g/mol. The fourth-order valence-electron chi connectivity index (χ4n) is 6.40. The number of fused-ring (bicyclic) bond motifs is 1. The molecule has 1 heterocycles. The van der Waals surface area contributed by atoms with Crippen molar-refractivity contribution >= 4 is 23.9 Å². The highest BCUT2D eigenvalue weighted by atomic mass is 16.4. The lowest BCUT2D eigenvalue weighted by Crippen LogP contribution is -2.36. The van der Waals surface area contributed by atoms with Crippen molar-refractivity contribution in [2.24, 2.45) is 46.0 Å². The molecule has 1 aromatic carbocycles. The lowest BCUT2D eigenvalue weighted by molar-refractivity contribution is -0.143. The Balaban J connectivity index is 0.000000193. The monoisotopic (exact) mass is 568 g/mol. The second-order valence-corrected chi connectivity index (χ2v) is 12.3. The zero-order valence-corrected chi connectivity index (χ0v) is 24.5. The summed E-state index contributed by atoms with van der Waals surface area (Å²) in [6.45, 7) is 4.43. The summed E-state index contributed by atoms with van der Waals surface area (Å²) >= 11 is 0. The summed E-state index contributed by atoms with van der Waals surface area (Å²) < 4.78 is 0. The lowest BCUT2D eigenvalue weighted by atomic mass is 9.82. The Kier molecular flexibility index (Phi) is 13.2. The number of hydrogen-bond acceptors (Lipinski definition) is 7. The summed E-state index contributed by atoms with van der Waals surface area (Å²) in [5.74, 6) is 1.57. The van der Waals surface area contributed by atoms with E-state index in [0.29, 0.717) is 36.1 Å². The van der Waals surface area contributed by atoms with E-state index < -0.39 is 5.97 Å². The van der Waals surface area contributed by atoms with E-state index in [1.807, 2.05) is 0 Å². The molecule has 9 nitrogen and oxygen atoms in total. The largest absolute Gasteiger partial charge is 0.481 e. The number of carboxylic acids is 1. The van der Waals surface area contributed by atoms with Crippen LogP contribution in [0.5, 0.6) is 0 Å². The van der Waals surface area contributed by atoms with Crippen molar-refractivity contribution in [3.63, 3.8) is 0 Å². The van der Waals surface area contributed by atoms with Crippen molar-refractivity contribution in [1.29, 1.82) is 0 Å². The maximum Gasteiger partial charge on any atom is 0.306 e. The molecule has 3 aliphatic carbocycles. The molecule has 0 bridgehead atoms. The van der Waals surface area contributed by atoms with Crippen LogP contribution in [0.3, 0.4) is 0 Å². The second-order valence-electron chi connectivity index (χ2n) is 12.3. The van der Waals surface area contributed by atoms with E-state index in [9.17, 15) is 19.2 Å². The Morgan fingerprint density at radius 1 is 0.829 bits per heavy atom. The number of imide groups is 1. The maximum absolute atomic E-state index is 12.3. The third kappa shape index (κ3) is 9.59. The number of hydrogen-bond donors (Lipinski definition) is 3. The molecule has 0 spiro atoms. The number of rotatable bonds is 6. The standard InChI is InChI=1S/C16H16N2O3.C8H15NO2.C8H17N/c19-10-17-12-7-5-11(6-8-12)9-18-15(20)13-3-1-2-4-14(13)16(18)21;9-5-6-1-3-7(4-2-6)8(10)11;1-7-2-4-8(6-9)5-3-7/h1-4,11-12H,5-9H2;6-7H,1-5,9H2,(H,10,11);7-8H,2-6,9H2,1H3. The number of aliphatic carboxylic acids is 1. The second kappa shape index (κ2) is 16.5. The van der Waals surface area contributed by atoms with Crippen LogP contribution in [-0.4, -0.2) is 59.5 Å². The molecule has 41 heavy (non-hydrogen) atoms. The van der Waals surface area contributed by atoms with Gasteiger partial charge in [-0.25, -0.2) is 9.79 Å². The molecule has 0 aromatic heterocycles. The molecule has 0 radical (unpaired) electrons. The first-order chi connectivity index (χ1) is 19.8. The molecule has 5 rings (SSSR count). The van der Waals surface area contributed by atoms with Crippen LogP contribution >= 0.6 is 0 Å². The van der Waals surface area contributed by atoms with Crippen LogP contribution in [0.15, 0.2) is 29.3 Å². The van der Waals surface area contributed by atoms with Gasteiger partial charge in [0, 0.05) is 6.54 Å². The number of amides is 2. The first-order valence-corrected chi connectivity index (χ1v) is 15.4.